The van der Waals surface area contributed by atoms with Crippen LogP contribution in [0.3, 0.4) is 0 Å². The zero-order valence-corrected chi connectivity index (χ0v) is 13.8. The molecule has 3 heteroatoms. The Hall–Kier alpha value is -1.06. The third-order valence-electron chi connectivity index (χ3n) is 4.21. The van der Waals surface area contributed by atoms with Crippen LogP contribution >= 0.6 is 0 Å². The summed E-state index contributed by atoms with van der Waals surface area (Å²) in [5.74, 6) is 1.54. The van der Waals surface area contributed by atoms with Crippen molar-refractivity contribution in [2.75, 3.05) is 26.2 Å². The smallest absolute Gasteiger partial charge is 0.119 e. The summed E-state index contributed by atoms with van der Waals surface area (Å²) in [6.45, 7) is 10.5. The predicted octanol–water partition coefficient (Wildman–Crippen LogP) is 3.52. The van der Waals surface area contributed by atoms with Crippen molar-refractivity contribution in [3.8, 4) is 5.75 Å². The van der Waals surface area contributed by atoms with Crippen molar-refractivity contribution in [2.45, 2.75) is 46.1 Å². The summed E-state index contributed by atoms with van der Waals surface area (Å²) in [5.41, 5.74) is 8.58. The molecule has 118 valence electrons. The van der Waals surface area contributed by atoms with Gasteiger partial charge in [0, 0.05) is 6.04 Å². The first-order chi connectivity index (χ1) is 10.1. The predicted molar refractivity (Wildman–Crippen MR) is 88.7 cm³/mol. The van der Waals surface area contributed by atoms with Crippen LogP contribution < -0.4 is 10.5 Å². The molecule has 1 fully saturated rings. The largest absolute Gasteiger partial charge is 0.493 e. The van der Waals surface area contributed by atoms with E-state index in [1.807, 2.05) is 0 Å². The van der Waals surface area contributed by atoms with Crippen LogP contribution in [-0.2, 0) is 0 Å². The van der Waals surface area contributed by atoms with Crippen molar-refractivity contribution in [1.82, 2.24) is 4.90 Å². The van der Waals surface area contributed by atoms with E-state index in [9.17, 15) is 0 Å². The normalized spacial score (nSPS) is 17.4. The van der Waals surface area contributed by atoms with Gasteiger partial charge < -0.3 is 10.5 Å². The minimum atomic E-state index is 0.469. The molecular weight excluding hydrogens is 260 g/mol. The van der Waals surface area contributed by atoms with Gasteiger partial charge in [0.25, 0.3) is 0 Å². The highest BCUT2D eigenvalue weighted by molar-refractivity contribution is 5.37. The second kappa shape index (κ2) is 7.81. The summed E-state index contributed by atoms with van der Waals surface area (Å²) >= 11 is 0. The van der Waals surface area contributed by atoms with Crippen LogP contribution in [0, 0.1) is 12.8 Å². The minimum Gasteiger partial charge on any atom is -0.493 e. The lowest BCUT2D eigenvalue weighted by atomic mass is 9.97. The number of nitrogens with two attached hydrogens (primary N) is 1. The van der Waals surface area contributed by atoms with E-state index in [1.165, 1.54) is 37.1 Å². The molecule has 1 aliphatic heterocycles. The maximum atomic E-state index is 5.84. The van der Waals surface area contributed by atoms with E-state index >= 15 is 0 Å². The number of nitrogens with zero attached hydrogens (tertiary/aromatic N) is 1. The number of likely N-dealkylation sites (tertiary alicyclic amines) is 1. The Morgan fingerprint density at radius 2 is 1.95 bits per heavy atom. The molecular formula is C18H30N2O. The molecule has 1 heterocycles. The van der Waals surface area contributed by atoms with Gasteiger partial charge >= 0.3 is 0 Å². The van der Waals surface area contributed by atoms with Crippen molar-refractivity contribution in [3.63, 3.8) is 0 Å². The molecule has 1 atom stereocenters. The van der Waals surface area contributed by atoms with E-state index in [1.54, 1.807) is 0 Å². The molecule has 0 aromatic heterocycles. The molecule has 3 nitrogen and oxygen atoms in total. The summed E-state index contributed by atoms with van der Waals surface area (Å²) in [6, 6.07) is 7.00. The summed E-state index contributed by atoms with van der Waals surface area (Å²) < 4.78 is 5.83. The molecule has 1 aromatic carbocycles. The number of rotatable bonds is 7. The Balaban J connectivity index is 2.12. The maximum absolute atomic E-state index is 5.84. The highest BCUT2D eigenvalue weighted by Gasteiger charge is 2.24. The molecule has 1 aromatic rings. The van der Waals surface area contributed by atoms with Crippen molar-refractivity contribution in [1.29, 1.82) is 0 Å². The quantitative estimate of drug-likeness (QED) is 0.835. The number of benzene rings is 1. The second-order valence-electron chi connectivity index (χ2n) is 6.56. The Morgan fingerprint density at radius 3 is 2.52 bits per heavy atom. The lowest BCUT2D eigenvalue weighted by Gasteiger charge is -2.29. The summed E-state index contributed by atoms with van der Waals surface area (Å²) in [4.78, 5) is 2.59. The molecule has 21 heavy (non-hydrogen) atoms. The van der Waals surface area contributed by atoms with Crippen LogP contribution in [0.1, 0.15) is 50.3 Å². The van der Waals surface area contributed by atoms with Crippen molar-refractivity contribution in [3.05, 3.63) is 29.3 Å². The number of hydrogen-bond acceptors (Lipinski definition) is 3. The van der Waals surface area contributed by atoms with Crippen molar-refractivity contribution >= 4 is 0 Å². The van der Waals surface area contributed by atoms with Gasteiger partial charge in [-0.2, -0.15) is 0 Å². The van der Waals surface area contributed by atoms with Gasteiger partial charge in [-0.3, -0.25) is 4.90 Å². The zero-order chi connectivity index (χ0) is 15.2. The minimum absolute atomic E-state index is 0.469. The van der Waals surface area contributed by atoms with Crippen LogP contribution in [0.25, 0.3) is 0 Å². The second-order valence-corrected chi connectivity index (χ2v) is 6.56. The summed E-state index contributed by atoms with van der Waals surface area (Å²) in [6.07, 6.45) is 3.67. The monoisotopic (exact) mass is 290 g/mol. The van der Waals surface area contributed by atoms with E-state index in [0.29, 0.717) is 12.0 Å². The lowest BCUT2D eigenvalue weighted by molar-refractivity contribution is 0.234. The van der Waals surface area contributed by atoms with Crippen LogP contribution in [0.4, 0.5) is 0 Å². The summed E-state index contributed by atoms with van der Waals surface area (Å²) in [5, 5.41) is 0. The standard InChI is InChI=1S/C18H30N2O/c1-14(2)13-21-16-6-7-17(15(3)12-16)18(8-9-19)20-10-4-5-11-20/h6-7,12,14,18H,4-5,8-11,13,19H2,1-3H3. The molecule has 0 radical (unpaired) electrons. The Labute approximate surface area is 129 Å². The molecule has 0 saturated carbocycles. The van der Waals surface area contributed by atoms with E-state index in [4.69, 9.17) is 10.5 Å². The fourth-order valence-corrected chi connectivity index (χ4v) is 3.12. The Morgan fingerprint density at radius 1 is 1.24 bits per heavy atom. The third kappa shape index (κ3) is 4.45. The van der Waals surface area contributed by atoms with Crippen LogP contribution in [-0.4, -0.2) is 31.1 Å². The maximum Gasteiger partial charge on any atom is 0.119 e. The van der Waals surface area contributed by atoms with E-state index in [0.717, 1.165) is 25.3 Å². The average Bonchev–Trinajstić information content (AvgIpc) is 2.97. The van der Waals surface area contributed by atoms with Gasteiger partial charge in [0.15, 0.2) is 0 Å². The Kier molecular flexibility index (Phi) is 6.07. The van der Waals surface area contributed by atoms with Crippen molar-refractivity contribution in [2.24, 2.45) is 11.7 Å². The average molecular weight is 290 g/mol. The highest BCUT2D eigenvalue weighted by Crippen LogP contribution is 2.31. The number of aryl methyl sites for hydroxylation is 1. The van der Waals surface area contributed by atoms with Gasteiger partial charge in [0.1, 0.15) is 5.75 Å². The molecule has 0 bridgehead atoms. The Bertz CT molecular complexity index is 439. The fraction of sp³-hybridized carbons (Fsp3) is 0.667. The molecule has 0 spiro atoms. The van der Waals surface area contributed by atoms with E-state index in [-0.39, 0.29) is 0 Å². The van der Waals surface area contributed by atoms with Crippen LogP contribution in [0.5, 0.6) is 5.75 Å². The first kappa shape index (κ1) is 16.3. The molecule has 2 rings (SSSR count). The molecule has 0 amide bonds. The third-order valence-corrected chi connectivity index (χ3v) is 4.21. The fourth-order valence-electron chi connectivity index (χ4n) is 3.12. The van der Waals surface area contributed by atoms with Gasteiger partial charge in [0.2, 0.25) is 0 Å². The summed E-state index contributed by atoms with van der Waals surface area (Å²) in [7, 11) is 0. The molecule has 2 N–H and O–H groups in total. The van der Waals surface area contributed by atoms with Gasteiger partial charge in [-0.1, -0.05) is 19.9 Å². The number of hydrogen-bond donors (Lipinski definition) is 1. The zero-order valence-electron chi connectivity index (χ0n) is 13.8. The van der Waals surface area contributed by atoms with E-state index < -0.39 is 0 Å². The molecule has 0 aliphatic carbocycles. The lowest BCUT2D eigenvalue weighted by Crippen LogP contribution is -2.28. The first-order valence-electron chi connectivity index (χ1n) is 8.29. The van der Waals surface area contributed by atoms with Crippen LogP contribution in [0.15, 0.2) is 18.2 Å². The van der Waals surface area contributed by atoms with Gasteiger partial charge in [-0.15, -0.1) is 0 Å². The topological polar surface area (TPSA) is 38.5 Å². The van der Waals surface area contributed by atoms with Gasteiger partial charge in [-0.25, -0.2) is 0 Å². The first-order valence-corrected chi connectivity index (χ1v) is 8.29. The molecule has 1 saturated heterocycles. The molecule has 1 aliphatic rings. The SMILES string of the molecule is Cc1cc(OCC(C)C)ccc1C(CCN)N1CCCC1. The molecule has 1 unspecified atom stereocenters. The van der Waals surface area contributed by atoms with E-state index in [2.05, 4.69) is 43.9 Å². The van der Waals surface area contributed by atoms with Gasteiger partial charge in [-0.05, 0) is 75.0 Å². The van der Waals surface area contributed by atoms with Crippen LogP contribution in [0.2, 0.25) is 0 Å². The van der Waals surface area contributed by atoms with Gasteiger partial charge in [0.05, 0.1) is 6.61 Å². The highest BCUT2D eigenvalue weighted by atomic mass is 16.5. The van der Waals surface area contributed by atoms with Crippen molar-refractivity contribution < 1.29 is 4.74 Å². The number of ether oxygens (including phenoxy) is 1.